The fourth-order valence-electron chi connectivity index (χ4n) is 3.79. The van der Waals surface area contributed by atoms with Crippen molar-refractivity contribution in [2.75, 3.05) is 19.5 Å². The molecule has 0 aromatic heterocycles. The van der Waals surface area contributed by atoms with E-state index in [0.29, 0.717) is 32.5 Å². The van der Waals surface area contributed by atoms with Gasteiger partial charge >= 0.3 is 0 Å². The molecule has 0 spiro atoms. The Bertz CT molecular complexity index is 901. The van der Waals surface area contributed by atoms with Crippen molar-refractivity contribution in [3.63, 3.8) is 0 Å². The van der Waals surface area contributed by atoms with Crippen molar-refractivity contribution in [1.29, 1.82) is 0 Å². The van der Waals surface area contributed by atoms with Gasteiger partial charge in [-0.2, -0.15) is 0 Å². The van der Waals surface area contributed by atoms with Gasteiger partial charge in [-0.05, 0) is 42.5 Å². The Labute approximate surface area is 167 Å². The van der Waals surface area contributed by atoms with Crippen LogP contribution in [-0.4, -0.2) is 33.8 Å². The summed E-state index contributed by atoms with van der Waals surface area (Å²) in [6, 6.07) is 16.5. The van der Waals surface area contributed by atoms with E-state index >= 15 is 0 Å². The summed E-state index contributed by atoms with van der Waals surface area (Å²) in [5, 5.41) is 3.21. The SMILES string of the molecule is CCC(NC(=O)C1(c2ccccc2)CCOCC1)c1ccc(S(C)(=O)=O)cc1. The minimum Gasteiger partial charge on any atom is -0.381 e. The molecule has 1 fully saturated rings. The summed E-state index contributed by atoms with van der Waals surface area (Å²) in [5.41, 5.74) is 1.32. The van der Waals surface area contributed by atoms with Gasteiger partial charge in [0.15, 0.2) is 9.84 Å². The van der Waals surface area contributed by atoms with Gasteiger partial charge in [-0.3, -0.25) is 4.79 Å². The van der Waals surface area contributed by atoms with Crippen LogP contribution in [0.3, 0.4) is 0 Å². The normalized spacial score (nSPS) is 17.6. The molecule has 1 amide bonds. The van der Waals surface area contributed by atoms with Gasteiger partial charge in [-0.15, -0.1) is 0 Å². The second-order valence-electron chi connectivity index (χ2n) is 7.34. The Hall–Kier alpha value is -2.18. The summed E-state index contributed by atoms with van der Waals surface area (Å²) < 4.78 is 28.9. The van der Waals surface area contributed by atoms with Crippen LogP contribution in [0, 0.1) is 0 Å². The van der Waals surface area contributed by atoms with Crippen molar-refractivity contribution in [3.8, 4) is 0 Å². The zero-order chi connectivity index (χ0) is 20.2. The largest absolute Gasteiger partial charge is 0.381 e. The van der Waals surface area contributed by atoms with Crippen LogP contribution in [0.2, 0.25) is 0 Å². The first-order chi connectivity index (χ1) is 13.4. The molecule has 28 heavy (non-hydrogen) atoms. The molecule has 0 aliphatic carbocycles. The van der Waals surface area contributed by atoms with Gasteiger partial charge in [0.1, 0.15) is 0 Å². The van der Waals surface area contributed by atoms with Crippen LogP contribution in [0.25, 0.3) is 0 Å². The molecule has 0 saturated carbocycles. The first-order valence-electron chi connectivity index (χ1n) is 9.61. The second-order valence-corrected chi connectivity index (χ2v) is 9.35. The molecule has 1 unspecified atom stereocenters. The lowest BCUT2D eigenvalue weighted by atomic mass is 9.73. The highest BCUT2D eigenvalue weighted by Crippen LogP contribution is 2.36. The van der Waals surface area contributed by atoms with Gasteiger partial charge < -0.3 is 10.1 Å². The minimum atomic E-state index is -3.24. The number of carbonyl (C=O) groups excluding carboxylic acids is 1. The maximum atomic E-state index is 13.4. The van der Waals surface area contributed by atoms with Gasteiger partial charge in [0.2, 0.25) is 5.91 Å². The van der Waals surface area contributed by atoms with E-state index in [4.69, 9.17) is 4.74 Å². The van der Waals surface area contributed by atoms with Crippen molar-refractivity contribution in [1.82, 2.24) is 5.32 Å². The number of nitrogens with one attached hydrogen (secondary N) is 1. The predicted molar refractivity (Wildman–Crippen MR) is 109 cm³/mol. The molecule has 1 N–H and O–H groups in total. The molecule has 2 aromatic carbocycles. The quantitative estimate of drug-likeness (QED) is 0.805. The van der Waals surface area contributed by atoms with Gasteiger partial charge in [0.25, 0.3) is 0 Å². The zero-order valence-electron chi connectivity index (χ0n) is 16.4. The Morgan fingerprint density at radius 2 is 1.68 bits per heavy atom. The smallest absolute Gasteiger partial charge is 0.231 e. The zero-order valence-corrected chi connectivity index (χ0v) is 17.2. The molecule has 0 bridgehead atoms. The molecular weight excluding hydrogens is 374 g/mol. The van der Waals surface area contributed by atoms with Crippen LogP contribution in [0.1, 0.15) is 43.4 Å². The van der Waals surface area contributed by atoms with Crippen molar-refractivity contribution in [2.45, 2.75) is 42.5 Å². The van der Waals surface area contributed by atoms with Crippen LogP contribution in [0.5, 0.6) is 0 Å². The number of ether oxygens (including phenoxy) is 1. The summed E-state index contributed by atoms with van der Waals surface area (Å²) in [7, 11) is -3.24. The van der Waals surface area contributed by atoms with E-state index in [9.17, 15) is 13.2 Å². The highest BCUT2D eigenvalue weighted by atomic mass is 32.2. The number of benzene rings is 2. The molecule has 5 nitrogen and oxygen atoms in total. The lowest BCUT2D eigenvalue weighted by Crippen LogP contribution is -2.48. The second kappa shape index (κ2) is 8.45. The number of carbonyl (C=O) groups is 1. The molecule has 2 aromatic rings. The number of sulfone groups is 1. The monoisotopic (exact) mass is 401 g/mol. The third-order valence-corrected chi connectivity index (χ3v) is 6.66. The average molecular weight is 402 g/mol. The number of amides is 1. The number of hydrogen-bond acceptors (Lipinski definition) is 4. The predicted octanol–water partition coefficient (Wildman–Crippen LogP) is 3.41. The lowest BCUT2D eigenvalue weighted by Gasteiger charge is -2.37. The van der Waals surface area contributed by atoms with E-state index in [1.807, 2.05) is 37.3 Å². The van der Waals surface area contributed by atoms with E-state index in [0.717, 1.165) is 11.1 Å². The summed E-state index contributed by atoms with van der Waals surface area (Å²) in [5.74, 6) is 0.000963. The molecule has 1 aliphatic rings. The van der Waals surface area contributed by atoms with Crippen LogP contribution >= 0.6 is 0 Å². The maximum Gasteiger partial charge on any atom is 0.231 e. The molecule has 1 saturated heterocycles. The Morgan fingerprint density at radius 1 is 1.07 bits per heavy atom. The third kappa shape index (κ3) is 4.28. The molecule has 150 valence electrons. The molecule has 3 rings (SSSR count). The summed E-state index contributed by atoms with van der Waals surface area (Å²) in [6.07, 6.45) is 3.19. The highest BCUT2D eigenvalue weighted by molar-refractivity contribution is 7.90. The molecular formula is C22H27NO4S. The highest BCUT2D eigenvalue weighted by Gasteiger charge is 2.42. The Kier molecular flexibility index (Phi) is 6.20. The van der Waals surface area contributed by atoms with Crippen LogP contribution in [0.4, 0.5) is 0 Å². The first kappa shape index (κ1) is 20.6. The van der Waals surface area contributed by atoms with Gasteiger partial charge in [-0.1, -0.05) is 49.4 Å². The molecule has 0 radical (unpaired) electrons. The van der Waals surface area contributed by atoms with Gasteiger partial charge in [0.05, 0.1) is 16.4 Å². The van der Waals surface area contributed by atoms with Crippen LogP contribution in [0.15, 0.2) is 59.5 Å². The van der Waals surface area contributed by atoms with Crippen molar-refractivity contribution >= 4 is 15.7 Å². The van der Waals surface area contributed by atoms with Crippen molar-refractivity contribution in [2.24, 2.45) is 0 Å². The topological polar surface area (TPSA) is 72.5 Å². The minimum absolute atomic E-state index is 0.000963. The molecule has 1 heterocycles. The number of rotatable bonds is 6. The summed E-state index contributed by atoms with van der Waals surface area (Å²) in [6.45, 7) is 3.12. The third-order valence-electron chi connectivity index (χ3n) is 5.53. The maximum absolute atomic E-state index is 13.4. The summed E-state index contributed by atoms with van der Waals surface area (Å²) >= 11 is 0. The van der Waals surface area contributed by atoms with E-state index in [2.05, 4.69) is 5.32 Å². The first-order valence-corrected chi connectivity index (χ1v) is 11.5. The van der Waals surface area contributed by atoms with Crippen molar-refractivity contribution < 1.29 is 17.9 Å². The van der Waals surface area contributed by atoms with E-state index in [1.54, 1.807) is 24.3 Å². The van der Waals surface area contributed by atoms with E-state index < -0.39 is 15.3 Å². The fraction of sp³-hybridized carbons (Fsp3) is 0.409. The Morgan fingerprint density at radius 3 is 2.21 bits per heavy atom. The number of hydrogen-bond donors (Lipinski definition) is 1. The lowest BCUT2D eigenvalue weighted by molar-refractivity contribution is -0.131. The molecule has 1 aliphatic heterocycles. The van der Waals surface area contributed by atoms with E-state index in [1.165, 1.54) is 6.26 Å². The molecule has 6 heteroatoms. The van der Waals surface area contributed by atoms with Crippen molar-refractivity contribution in [3.05, 3.63) is 65.7 Å². The van der Waals surface area contributed by atoms with E-state index in [-0.39, 0.29) is 16.8 Å². The van der Waals surface area contributed by atoms with Gasteiger partial charge in [0, 0.05) is 19.5 Å². The van der Waals surface area contributed by atoms with Gasteiger partial charge in [-0.25, -0.2) is 8.42 Å². The standard InChI is InChI=1S/C22H27NO4S/c1-3-20(17-9-11-19(12-10-17)28(2,25)26)23-21(24)22(13-15-27-16-14-22)18-7-5-4-6-8-18/h4-12,20H,3,13-16H2,1-2H3,(H,23,24). The summed E-state index contributed by atoms with van der Waals surface area (Å²) in [4.78, 5) is 13.7. The Balaban J connectivity index is 1.85. The van der Waals surface area contributed by atoms with Crippen LogP contribution in [-0.2, 0) is 24.8 Å². The molecule has 1 atom stereocenters. The fourth-order valence-corrected chi connectivity index (χ4v) is 4.42. The average Bonchev–Trinajstić information content (AvgIpc) is 2.72. The van der Waals surface area contributed by atoms with Crippen LogP contribution < -0.4 is 5.32 Å².